The molecule has 106 valence electrons. The molecule has 2 aliphatic rings. The van der Waals surface area contributed by atoms with Crippen LogP contribution in [0, 0.1) is 11.8 Å². The quantitative estimate of drug-likeness (QED) is 0.655. The highest BCUT2D eigenvalue weighted by Crippen LogP contribution is 2.52. The van der Waals surface area contributed by atoms with E-state index in [0.29, 0.717) is 6.04 Å². The van der Waals surface area contributed by atoms with E-state index in [0.717, 1.165) is 27.6 Å². The fourth-order valence-electron chi connectivity index (χ4n) is 4.24. The number of benzene rings is 1. The van der Waals surface area contributed by atoms with Gasteiger partial charge in [-0.25, -0.2) is 4.98 Å². The molecule has 2 fully saturated rings. The molecule has 2 nitrogen and oxygen atoms in total. The van der Waals surface area contributed by atoms with Gasteiger partial charge in [-0.15, -0.1) is 11.6 Å². The number of fused-ring (bicyclic) bond motifs is 3. The van der Waals surface area contributed by atoms with Crippen LogP contribution < -0.4 is 0 Å². The lowest BCUT2D eigenvalue weighted by atomic mass is 9.95. The molecule has 2 aliphatic carbocycles. The second-order valence-corrected chi connectivity index (χ2v) is 7.90. The van der Waals surface area contributed by atoms with E-state index in [1.165, 1.54) is 31.2 Å². The molecule has 4 atom stereocenters. The van der Waals surface area contributed by atoms with Gasteiger partial charge in [-0.1, -0.05) is 22.4 Å². The van der Waals surface area contributed by atoms with E-state index in [4.69, 9.17) is 16.6 Å². The minimum absolute atomic E-state index is 0.0414. The highest BCUT2D eigenvalue weighted by atomic mass is 79.9. The summed E-state index contributed by atoms with van der Waals surface area (Å²) in [6.45, 7) is 2.03. The predicted molar refractivity (Wildman–Crippen MR) is 86.2 cm³/mol. The third-order valence-electron chi connectivity index (χ3n) is 5.07. The Balaban J connectivity index is 1.91. The number of halogens is 2. The molecule has 1 aromatic carbocycles. The Morgan fingerprint density at radius 3 is 2.85 bits per heavy atom. The number of hydrogen-bond donors (Lipinski definition) is 0. The summed E-state index contributed by atoms with van der Waals surface area (Å²) >= 11 is 9.99. The first-order chi connectivity index (χ1) is 9.63. The van der Waals surface area contributed by atoms with Crippen LogP contribution in [-0.2, 0) is 0 Å². The first-order valence-electron chi connectivity index (χ1n) is 7.45. The van der Waals surface area contributed by atoms with Crippen molar-refractivity contribution in [1.82, 2.24) is 9.55 Å². The standard InChI is InChI=1S/C16H18BrClN2/c1-9(18)16-19-13-5-4-12(17)8-15(13)20(16)14-7-10-2-3-11(14)6-10/h4-5,8-11,14H,2-3,6-7H2,1H3. The SMILES string of the molecule is CC(Cl)c1nc2ccc(Br)cc2n1C1CC2CCC1C2. The van der Waals surface area contributed by atoms with Gasteiger partial charge in [-0.2, -0.15) is 0 Å². The van der Waals surface area contributed by atoms with Crippen molar-refractivity contribution in [2.24, 2.45) is 11.8 Å². The summed E-state index contributed by atoms with van der Waals surface area (Å²) in [4.78, 5) is 4.79. The van der Waals surface area contributed by atoms with Crippen LogP contribution >= 0.6 is 27.5 Å². The largest absolute Gasteiger partial charge is 0.323 e. The van der Waals surface area contributed by atoms with Gasteiger partial charge in [0.15, 0.2) is 0 Å². The van der Waals surface area contributed by atoms with Gasteiger partial charge in [0.1, 0.15) is 5.82 Å². The van der Waals surface area contributed by atoms with E-state index in [1.54, 1.807) is 0 Å². The molecule has 1 aromatic heterocycles. The van der Waals surface area contributed by atoms with Crippen molar-refractivity contribution >= 4 is 38.6 Å². The minimum atomic E-state index is -0.0414. The molecule has 1 heterocycles. The van der Waals surface area contributed by atoms with Gasteiger partial charge < -0.3 is 4.57 Å². The summed E-state index contributed by atoms with van der Waals surface area (Å²) < 4.78 is 3.56. The fourth-order valence-corrected chi connectivity index (χ4v) is 4.74. The molecule has 4 heteroatoms. The molecule has 20 heavy (non-hydrogen) atoms. The highest BCUT2D eigenvalue weighted by molar-refractivity contribution is 9.10. The lowest BCUT2D eigenvalue weighted by Gasteiger charge is -2.26. The normalized spacial score (nSPS) is 30.2. The van der Waals surface area contributed by atoms with E-state index in [2.05, 4.69) is 38.7 Å². The summed E-state index contributed by atoms with van der Waals surface area (Å²) in [6.07, 6.45) is 5.50. The van der Waals surface area contributed by atoms with E-state index in [-0.39, 0.29) is 5.38 Å². The van der Waals surface area contributed by atoms with Crippen molar-refractivity contribution < 1.29 is 0 Å². The maximum Gasteiger partial charge on any atom is 0.127 e. The van der Waals surface area contributed by atoms with Gasteiger partial charge >= 0.3 is 0 Å². The van der Waals surface area contributed by atoms with Gasteiger partial charge in [-0.3, -0.25) is 0 Å². The Bertz CT molecular complexity index is 664. The zero-order valence-corrected chi connectivity index (χ0v) is 13.9. The molecule has 2 aromatic rings. The zero-order valence-electron chi connectivity index (χ0n) is 11.5. The Kier molecular flexibility index (Phi) is 3.11. The summed E-state index contributed by atoms with van der Waals surface area (Å²) in [5.41, 5.74) is 2.30. The van der Waals surface area contributed by atoms with E-state index in [1.807, 2.05) is 6.92 Å². The number of aromatic nitrogens is 2. The summed E-state index contributed by atoms with van der Waals surface area (Å²) in [5, 5.41) is -0.0414. The van der Waals surface area contributed by atoms with Crippen LogP contribution in [0.3, 0.4) is 0 Å². The summed E-state index contributed by atoms with van der Waals surface area (Å²) in [6, 6.07) is 6.94. The van der Waals surface area contributed by atoms with Crippen molar-refractivity contribution in [1.29, 1.82) is 0 Å². The molecular weight excluding hydrogens is 336 g/mol. The van der Waals surface area contributed by atoms with E-state index in [9.17, 15) is 0 Å². The first kappa shape index (κ1) is 13.1. The third kappa shape index (κ3) is 1.93. The molecule has 0 radical (unpaired) electrons. The number of hydrogen-bond acceptors (Lipinski definition) is 1. The Morgan fingerprint density at radius 2 is 2.20 bits per heavy atom. The number of rotatable bonds is 2. The van der Waals surface area contributed by atoms with Crippen LogP contribution in [0.4, 0.5) is 0 Å². The Hall–Kier alpha value is -0.540. The van der Waals surface area contributed by atoms with Crippen molar-refractivity contribution in [2.45, 2.75) is 44.0 Å². The van der Waals surface area contributed by atoms with Crippen LogP contribution in [-0.4, -0.2) is 9.55 Å². The molecular formula is C16H18BrClN2. The van der Waals surface area contributed by atoms with Gasteiger partial charge in [0.2, 0.25) is 0 Å². The average molecular weight is 354 g/mol. The fraction of sp³-hybridized carbons (Fsp3) is 0.562. The van der Waals surface area contributed by atoms with E-state index >= 15 is 0 Å². The van der Waals surface area contributed by atoms with Crippen LogP contribution in [0.2, 0.25) is 0 Å². The molecule has 0 spiro atoms. The molecule has 2 saturated carbocycles. The topological polar surface area (TPSA) is 17.8 Å². The van der Waals surface area contributed by atoms with Crippen molar-refractivity contribution in [3.8, 4) is 0 Å². The second kappa shape index (κ2) is 4.74. The van der Waals surface area contributed by atoms with Crippen LogP contribution in [0.5, 0.6) is 0 Å². The van der Waals surface area contributed by atoms with Gasteiger partial charge in [0.25, 0.3) is 0 Å². The van der Waals surface area contributed by atoms with Crippen LogP contribution in [0.1, 0.15) is 49.9 Å². The lowest BCUT2D eigenvalue weighted by molar-refractivity contribution is 0.329. The summed E-state index contributed by atoms with van der Waals surface area (Å²) in [7, 11) is 0. The van der Waals surface area contributed by atoms with Crippen LogP contribution in [0.25, 0.3) is 11.0 Å². The van der Waals surface area contributed by atoms with Gasteiger partial charge in [0.05, 0.1) is 16.4 Å². The Morgan fingerprint density at radius 1 is 1.35 bits per heavy atom. The van der Waals surface area contributed by atoms with Crippen LogP contribution in [0.15, 0.2) is 22.7 Å². The van der Waals surface area contributed by atoms with Gasteiger partial charge in [0, 0.05) is 10.5 Å². The third-order valence-corrected chi connectivity index (χ3v) is 5.76. The molecule has 0 saturated heterocycles. The smallest absolute Gasteiger partial charge is 0.127 e. The number of imidazole rings is 1. The highest BCUT2D eigenvalue weighted by Gasteiger charge is 2.42. The maximum atomic E-state index is 6.41. The van der Waals surface area contributed by atoms with E-state index < -0.39 is 0 Å². The summed E-state index contributed by atoms with van der Waals surface area (Å²) in [5.74, 6) is 2.79. The zero-order chi connectivity index (χ0) is 13.9. The van der Waals surface area contributed by atoms with Crippen molar-refractivity contribution in [2.75, 3.05) is 0 Å². The molecule has 0 aliphatic heterocycles. The lowest BCUT2D eigenvalue weighted by Crippen LogP contribution is -2.18. The predicted octanol–water partition coefficient (Wildman–Crippen LogP) is 5.46. The average Bonchev–Trinajstić information content (AvgIpc) is 3.10. The molecule has 4 rings (SSSR count). The van der Waals surface area contributed by atoms with Crippen molar-refractivity contribution in [3.63, 3.8) is 0 Å². The maximum absolute atomic E-state index is 6.41. The first-order valence-corrected chi connectivity index (χ1v) is 8.68. The number of alkyl halides is 1. The van der Waals surface area contributed by atoms with Crippen molar-refractivity contribution in [3.05, 3.63) is 28.5 Å². The second-order valence-electron chi connectivity index (χ2n) is 6.33. The minimum Gasteiger partial charge on any atom is -0.323 e. The number of nitrogens with zero attached hydrogens (tertiary/aromatic N) is 2. The molecule has 4 unspecified atom stereocenters. The molecule has 0 amide bonds. The monoisotopic (exact) mass is 352 g/mol. The molecule has 2 bridgehead atoms. The molecule has 0 N–H and O–H groups in total. The van der Waals surface area contributed by atoms with Gasteiger partial charge in [-0.05, 0) is 56.2 Å². The Labute approximate surface area is 132 Å².